The molecule has 0 aliphatic rings. The molecule has 1 aromatic heterocycles. The average molecular weight is 665 g/mol. The van der Waals surface area contributed by atoms with Crippen molar-refractivity contribution in [2.45, 2.75) is 46.4 Å². The fourth-order valence-electron chi connectivity index (χ4n) is 2.17. The van der Waals surface area contributed by atoms with E-state index in [9.17, 15) is 23.7 Å². The number of aromatic nitrogens is 2. The van der Waals surface area contributed by atoms with Crippen molar-refractivity contribution in [3.05, 3.63) is 48.8 Å². The summed E-state index contributed by atoms with van der Waals surface area (Å²) in [6.45, 7) is 4.87. The average Bonchev–Trinajstić information content (AvgIpc) is 2.76. The van der Waals surface area contributed by atoms with Crippen LogP contribution in [0.5, 0.6) is 0 Å². The predicted molar refractivity (Wildman–Crippen MR) is 138 cm³/mol. The molecule has 13 nitrogen and oxygen atoms in total. The van der Waals surface area contributed by atoms with Crippen LogP contribution in [-0.2, 0) is 39.1 Å². The Morgan fingerprint density at radius 3 is 2.06 bits per heavy atom. The van der Waals surface area contributed by atoms with Crippen LogP contribution < -0.4 is 11.2 Å². The van der Waals surface area contributed by atoms with Crippen molar-refractivity contribution < 1.29 is 42.1 Å². The fraction of sp³-hybridized carbons (Fsp3) is 0.500. The molecule has 1 N–H and O–H groups in total. The molecule has 16 heteroatoms. The molecule has 1 aromatic rings. The molecule has 1 rings (SSSR count). The maximum Gasteiger partial charge on any atom is 0.510 e. The van der Waals surface area contributed by atoms with Crippen LogP contribution in [0.2, 0.25) is 0 Å². The van der Waals surface area contributed by atoms with E-state index >= 15 is 0 Å². The van der Waals surface area contributed by atoms with Gasteiger partial charge in [-0.05, 0) is 31.8 Å². The highest BCUT2D eigenvalue weighted by Gasteiger charge is 2.25. The van der Waals surface area contributed by atoms with Gasteiger partial charge < -0.3 is 18.9 Å². The van der Waals surface area contributed by atoms with E-state index in [1.165, 1.54) is 27.0 Å². The number of carbonyl (C=O) groups is 2. The van der Waals surface area contributed by atoms with Gasteiger partial charge in [-0.15, -0.1) is 0 Å². The van der Waals surface area contributed by atoms with Crippen molar-refractivity contribution in [2.24, 2.45) is 0 Å². The van der Waals surface area contributed by atoms with Crippen molar-refractivity contribution in [2.75, 3.05) is 19.7 Å². The Labute approximate surface area is 225 Å². The van der Waals surface area contributed by atoms with E-state index in [1.807, 2.05) is 22.6 Å². The lowest BCUT2D eigenvalue weighted by atomic mass is 10.3. The molecule has 202 valence electrons. The van der Waals surface area contributed by atoms with Crippen molar-refractivity contribution in [3.63, 3.8) is 0 Å². The Kier molecular flexibility index (Phi) is 14.1. The van der Waals surface area contributed by atoms with Gasteiger partial charge in [0.1, 0.15) is 0 Å². The van der Waals surface area contributed by atoms with Gasteiger partial charge in [0, 0.05) is 12.7 Å². The van der Waals surface area contributed by atoms with Crippen LogP contribution in [0.25, 0.3) is 5.03 Å². The zero-order chi connectivity index (χ0) is 27.3. The van der Waals surface area contributed by atoms with Crippen LogP contribution in [0.4, 0.5) is 9.59 Å². The second-order valence-corrected chi connectivity index (χ2v) is 10.4. The molecular weight excluding hydrogens is 638 g/mol. The largest absolute Gasteiger partial charge is 0.510 e. The van der Waals surface area contributed by atoms with E-state index in [1.54, 1.807) is 27.7 Å². The molecule has 0 saturated carbocycles. The fourth-order valence-corrected chi connectivity index (χ4v) is 3.76. The summed E-state index contributed by atoms with van der Waals surface area (Å²) in [7, 11) is -4.00. The summed E-state index contributed by atoms with van der Waals surface area (Å²) >= 11 is 7.83. The first-order valence-corrected chi connectivity index (χ1v) is 13.7. The van der Waals surface area contributed by atoms with Gasteiger partial charge in [-0.25, -0.2) is 14.4 Å². The Bertz CT molecular complexity index is 1080. The third-order valence-electron chi connectivity index (χ3n) is 3.68. The molecule has 0 aliphatic heterocycles. The maximum atomic E-state index is 13.0. The third kappa shape index (κ3) is 12.2. The van der Waals surface area contributed by atoms with E-state index in [4.69, 9.17) is 30.1 Å². The Balaban J connectivity index is 2.86. The van der Waals surface area contributed by atoms with Crippen LogP contribution in [-0.4, -0.2) is 53.8 Å². The minimum atomic E-state index is -4.00. The van der Waals surface area contributed by atoms with E-state index in [0.29, 0.717) is 0 Å². The van der Waals surface area contributed by atoms with Crippen LogP contribution in [0.3, 0.4) is 0 Å². The maximum absolute atomic E-state index is 13.0. The van der Waals surface area contributed by atoms with Crippen LogP contribution in [0, 0.1) is 0 Å². The number of ether oxygens (including phenoxy) is 4. The minimum Gasteiger partial charge on any atom is -0.432 e. The highest BCUT2D eigenvalue weighted by Crippen LogP contribution is 2.48. The zero-order valence-corrected chi connectivity index (χ0v) is 23.7. The van der Waals surface area contributed by atoms with Crippen LogP contribution in [0.1, 0.15) is 33.3 Å². The molecule has 0 spiro atoms. The number of hydrogen-bond acceptors (Lipinski definition) is 11. The monoisotopic (exact) mass is 664 g/mol. The van der Waals surface area contributed by atoms with Crippen LogP contribution >= 0.6 is 41.8 Å². The molecule has 0 amide bonds. The van der Waals surface area contributed by atoms with Gasteiger partial charge in [0.25, 0.3) is 5.56 Å². The molecule has 0 aliphatic carbocycles. The molecule has 0 aromatic carbocycles. The van der Waals surface area contributed by atoms with Crippen LogP contribution in [0.15, 0.2) is 32.0 Å². The Morgan fingerprint density at radius 2 is 1.58 bits per heavy atom. The second-order valence-electron chi connectivity index (χ2n) is 7.29. The summed E-state index contributed by atoms with van der Waals surface area (Å²) in [5.74, 6) is 0. The summed E-state index contributed by atoms with van der Waals surface area (Å²) in [4.78, 5) is 49.1. The quantitative estimate of drug-likeness (QED) is 0.105. The predicted octanol–water partition coefficient (Wildman–Crippen LogP) is 4.33. The molecule has 0 bridgehead atoms. The van der Waals surface area contributed by atoms with E-state index in [-0.39, 0.29) is 23.3 Å². The second kappa shape index (κ2) is 15.9. The molecule has 0 atom stereocenters. The SMILES string of the molecule is CC(C)OC(=O)OCOP(=O)(C/C=C/Cn1cc(/C(Cl)=C\I)c(=O)[nH]c1=O)OCOC(=O)OC(C)C. The van der Waals surface area contributed by atoms with E-state index in [0.717, 1.165) is 0 Å². The van der Waals surface area contributed by atoms with Crippen molar-refractivity contribution in [3.8, 4) is 0 Å². The Morgan fingerprint density at radius 1 is 1.06 bits per heavy atom. The molecule has 0 saturated heterocycles. The number of rotatable bonds is 13. The molecule has 0 radical (unpaired) electrons. The van der Waals surface area contributed by atoms with Gasteiger partial charge in [0.2, 0.25) is 13.6 Å². The number of hydrogen-bond donors (Lipinski definition) is 1. The van der Waals surface area contributed by atoms with Crippen molar-refractivity contribution in [1.82, 2.24) is 9.55 Å². The Hall–Kier alpha value is -2.13. The summed E-state index contributed by atoms with van der Waals surface area (Å²) in [5, 5.41) is 0.146. The normalized spacial score (nSPS) is 12.3. The number of halogens is 2. The summed E-state index contributed by atoms with van der Waals surface area (Å²) in [6.07, 6.45) is 0.771. The summed E-state index contributed by atoms with van der Waals surface area (Å²) < 4.78 is 44.8. The lowest BCUT2D eigenvalue weighted by molar-refractivity contribution is -0.0298. The molecule has 1 heterocycles. The summed E-state index contributed by atoms with van der Waals surface area (Å²) in [5.41, 5.74) is -1.24. The topological polar surface area (TPSA) is 161 Å². The first-order chi connectivity index (χ1) is 16.9. The standard InChI is InChI=1S/C20H27ClIN2O11P/c1-13(2)34-19(27)30-11-32-36(29,33-12-31-20(28)35-14(3)4)8-6-5-7-24-10-15(16(21)9-22)17(25)23-18(24)26/h5-6,9-10,13-14H,7-8,11-12H2,1-4H3,(H,23,25,26)/b6-5+,16-9+. The third-order valence-corrected chi connectivity index (χ3v) is 6.64. The number of H-pyrrole nitrogens is 1. The lowest BCUT2D eigenvalue weighted by Crippen LogP contribution is -2.31. The minimum absolute atomic E-state index is 0.0253. The number of carbonyl (C=O) groups excluding carboxylic acids is 2. The summed E-state index contributed by atoms with van der Waals surface area (Å²) in [6, 6.07) is 0. The zero-order valence-electron chi connectivity index (χ0n) is 19.9. The van der Waals surface area contributed by atoms with E-state index in [2.05, 4.69) is 14.5 Å². The first-order valence-electron chi connectivity index (χ1n) is 10.4. The first kappa shape index (κ1) is 31.9. The van der Waals surface area contributed by atoms with Crippen molar-refractivity contribution >= 4 is 59.1 Å². The molecule has 36 heavy (non-hydrogen) atoms. The van der Waals surface area contributed by atoms with Gasteiger partial charge in [-0.2, -0.15) is 0 Å². The number of allylic oxidation sites excluding steroid dienone is 2. The van der Waals surface area contributed by atoms with Gasteiger partial charge in [0.15, 0.2) is 0 Å². The molecular formula is C20H27ClIN2O11P. The number of aromatic amines is 1. The lowest BCUT2D eigenvalue weighted by Gasteiger charge is -2.17. The van der Waals surface area contributed by atoms with E-state index < -0.39 is 56.9 Å². The van der Waals surface area contributed by atoms with Gasteiger partial charge >= 0.3 is 25.6 Å². The molecule has 0 unspecified atom stereocenters. The number of nitrogens with one attached hydrogen (secondary N) is 1. The van der Waals surface area contributed by atoms with Gasteiger partial charge in [-0.1, -0.05) is 46.3 Å². The molecule has 0 fully saturated rings. The number of nitrogens with zero attached hydrogens (tertiary/aromatic N) is 1. The highest BCUT2D eigenvalue weighted by atomic mass is 127. The van der Waals surface area contributed by atoms with Crippen molar-refractivity contribution in [1.29, 1.82) is 0 Å². The van der Waals surface area contributed by atoms with Gasteiger partial charge in [0.05, 0.1) is 29.0 Å². The highest BCUT2D eigenvalue weighted by molar-refractivity contribution is 14.1. The van der Waals surface area contributed by atoms with Gasteiger partial charge in [-0.3, -0.25) is 28.0 Å². The smallest absolute Gasteiger partial charge is 0.432 e.